The number of rotatable bonds is 5. The Kier molecular flexibility index (Phi) is 4.81. The van der Waals surface area contributed by atoms with Crippen molar-refractivity contribution < 1.29 is 9.59 Å². The summed E-state index contributed by atoms with van der Waals surface area (Å²) < 4.78 is 0. The van der Waals surface area contributed by atoms with Crippen molar-refractivity contribution in [2.24, 2.45) is 11.7 Å². The molecule has 0 spiro atoms. The fourth-order valence-corrected chi connectivity index (χ4v) is 5.06. The minimum atomic E-state index is -0.415. The zero-order valence-electron chi connectivity index (χ0n) is 13.0. The first-order valence-electron chi connectivity index (χ1n) is 8.39. The van der Waals surface area contributed by atoms with Crippen LogP contribution in [0.1, 0.15) is 72.2 Å². The fourth-order valence-electron chi connectivity index (χ4n) is 3.75. The highest BCUT2D eigenvalue weighted by Gasteiger charge is 2.26. The molecule has 22 heavy (non-hydrogen) atoms. The Balaban J connectivity index is 1.60. The predicted molar refractivity (Wildman–Crippen MR) is 89.3 cm³/mol. The van der Waals surface area contributed by atoms with Crippen LogP contribution >= 0.6 is 11.3 Å². The number of nitrogens with one attached hydrogen (secondary N) is 1. The second kappa shape index (κ2) is 6.82. The number of aryl methyl sites for hydroxylation is 1. The van der Waals surface area contributed by atoms with Crippen LogP contribution in [0.25, 0.3) is 0 Å². The molecule has 1 aromatic heterocycles. The molecule has 1 fully saturated rings. The molecule has 2 aliphatic carbocycles. The zero-order valence-corrected chi connectivity index (χ0v) is 13.8. The van der Waals surface area contributed by atoms with Gasteiger partial charge in [-0.3, -0.25) is 9.59 Å². The third-order valence-electron chi connectivity index (χ3n) is 4.93. The third-order valence-corrected chi connectivity index (χ3v) is 6.13. The average molecular weight is 320 g/mol. The molecule has 0 bridgehead atoms. The molecule has 3 N–H and O–H groups in total. The monoisotopic (exact) mass is 320 g/mol. The van der Waals surface area contributed by atoms with Crippen molar-refractivity contribution in [3.8, 4) is 0 Å². The predicted octanol–water partition coefficient (Wildman–Crippen LogP) is 3.63. The fraction of sp³-hybridized carbons (Fsp3) is 0.647. The van der Waals surface area contributed by atoms with E-state index >= 15 is 0 Å². The van der Waals surface area contributed by atoms with E-state index in [2.05, 4.69) is 5.32 Å². The van der Waals surface area contributed by atoms with Crippen molar-refractivity contribution >= 4 is 28.2 Å². The average Bonchev–Trinajstić information content (AvgIpc) is 3.06. The first-order valence-corrected chi connectivity index (χ1v) is 9.21. The lowest BCUT2D eigenvalue weighted by Gasteiger charge is -2.20. The van der Waals surface area contributed by atoms with Gasteiger partial charge < -0.3 is 11.1 Å². The number of fused-ring (bicyclic) bond motifs is 1. The van der Waals surface area contributed by atoms with Gasteiger partial charge in [0, 0.05) is 11.3 Å². The van der Waals surface area contributed by atoms with Crippen LogP contribution in [0.5, 0.6) is 0 Å². The summed E-state index contributed by atoms with van der Waals surface area (Å²) >= 11 is 1.53. The van der Waals surface area contributed by atoms with Crippen LogP contribution in [0.3, 0.4) is 0 Å². The van der Waals surface area contributed by atoms with Gasteiger partial charge in [-0.1, -0.05) is 32.1 Å². The van der Waals surface area contributed by atoms with E-state index < -0.39 is 5.91 Å². The molecular formula is C17H24N2O2S. The first kappa shape index (κ1) is 15.5. The maximum atomic E-state index is 12.2. The number of thiophene rings is 1. The molecule has 0 atom stereocenters. The minimum absolute atomic E-state index is 0.0213. The maximum absolute atomic E-state index is 12.2. The Morgan fingerprint density at radius 3 is 2.64 bits per heavy atom. The van der Waals surface area contributed by atoms with E-state index in [1.807, 2.05) is 0 Å². The van der Waals surface area contributed by atoms with E-state index in [9.17, 15) is 9.59 Å². The van der Waals surface area contributed by atoms with Crippen LogP contribution in [0.4, 0.5) is 5.00 Å². The summed E-state index contributed by atoms with van der Waals surface area (Å²) in [5.74, 6) is 0.304. The SMILES string of the molecule is NC(=O)c1c(NC(=O)CCC2CCCCC2)sc2c1CCC2. The Morgan fingerprint density at radius 1 is 1.14 bits per heavy atom. The van der Waals surface area contributed by atoms with Crippen LogP contribution in [-0.4, -0.2) is 11.8 Å². The normalized spacial score (nSPS) is 18.2. The van der Waals surface area contributed by atoms with Gasteiger partial charge in [-0.15, -0.1) is 11.3 Å². The molecular weight excluding hydrogens is 296 g/mol. The standard InChI is InChI=1S/C17H24N2O2S/c18-16(21)15-12-7-4-8-13(12)22-17(15)19-14(20)10-9-11-5-2-1-3-6-11/h11H,1-10H2,(H2,18,21)(H,19,20). The first-order chi connectivity index (χ1) is 10.6. The Morgan fingerprint density at radius 2 is 1.91 bits per heavy atom. The molecule has 2 aliphatic rings. The Hall–Kier alpha value is -1.36. The molecule has 5 heteroatoms. The molecule has 1 aromatic rings. The highest BCUT2D eigenvalue weighted by atomic mass is 32.1. The van der Waals surface area contributed by atoms with Crippen molar-refractivity contribution in [2.45, 2.75) is 64.2 Å². The van der Waals surface area contributed by atoms with E-state index in [4.69, 9.17) is 5.73 Å². The number of hydrogen-bond donors (Lipinski definition) is 2. The van der Waals surface area contributed by atoms with Crippen molar-refractivity contribution in [1.82, 2.24) is 0 Å². The van der Waals surface area contributed by atoms with Gasteiger partial charge in [-0.05, 0) is 37.2 Å². The summed E-state index contributed by atoms with van der Waals surface area (Å²) in [5, 5.41) is 3.61. The number of carbonyl (C=O) groups is 2. The summed E-state index contributed by atoms with van der Waals surface area (Å²) in [7, 11) is 0. The number of carbonyl (C=O) groups excluding carboxylic acids is 2. The Bertz CT molecular complexity index is 573. The number of amides is 2. The van der Waals surface area contributed by atoms with Crippen LogP contribution in [-0.2, 0) is 17.6 Å². The van der Waals surface area contributed by atoms with Crippen LogP contribution in [0, 0.1) is 5.92 Å². The molecule has 0 unspecified atom stereocenters. The van der Waals surface area contributed by atoms with E-state index in [0.717, 1.165) is 31.2 Å². The van der Waals surface area contributed by atoms with Gasteiger partial charge in [0.05, 0.1) is 5.56 Å². The summed E-state index contributed by atoms with van der Waals surface area (Å²) in [4.78, 5) is 25.1. The number of anilines is 1. The van der Waals surface area contributed by atoms with Crippen LogP contribution in [0.2, 0.25) is 0 Å². The van der Waals surface area contributed by atoms with Crippen LogP contribution < -0.4 is 11.1 Å². The van der Waals surface area contributed by atoms with Crippen molar-refractivity contribution in [3.63, 3.8) is 0 Å². The lowest BCUT2D eigenvalue weighted by atomic mass is 9.86. The van der Waals surface area contributed by atoms with E-state index in [1.165, 1.54) is 48.3 Å². The highest BCUT2D eigenvalue weighted by molar-refractivity contribution is 7.17. The van der Waals surface area contributed by atoms with Crippen LogP contribution in [0.15, 0.2) is 0 Å². The molecule has 1 saturated carbocycles. The second-order valence-corrected chi connectivity index (χ2v) is 7.62. The number of hydrogen-bond acceptors (Lipinski definition) is 3. The van der Waals surface area contributed by atoms with Gasteiger partial charge in [-0.25, -0.2) is 0 Å². The molecule has 120 valence electrons. The highest BCUT2D eigenvalue weighted by Crippen LogP contribution is 2.39. The number of nitrogens with two attached hydrogens (primary N) is 1. The maximum Gasteiger partial charge on any atom is 0.251 e. The van der Waals surface area contributed by atoms with Crippen molar-refractivity contribution in [3.05, 3.63) is 16.0 Å². The minimum Gasteiger partial charge on any atom is -0.365 e. The number of primary amides is 1. The summed E-state index contributed by atoms with van der Waals surface area (Å²) in [5.41, 5.74) is 7.14. The molecule has 1 heterocycles. The lowest BCUT2D eigenvalue weighted by molar-refractivity contribution is -0.116. The van der Waals surface area contributed by atoms with Gasteiger partial charge in [0.15, 0.2) is 0 Å². The van der Waals surface area contributed by atoms with Gasteiger partial charge in [0.1, 0.15) is 5.00 Å². The summed E-state index contributed by atoms with van der Waals surface area (Å²) in [6.07, 6.45) is 10.9. The topological polar surface area (TPSA) is 72.2 Å². The van der Waals surface area contributed by atoms with E-state index in [-0.39, 0.29) is 5.91 Å². The van der Waals surface area contributed by atoms with E-state index in [1.54, 1.807) is 0 Å². The Labute approximate surface area is 135 Å². The molecule has 0 saturated heterocycles. The summed E-state index contributed by atoms with van der Waals surface area (Å²) in [6.45, 7) is 0. The molecule has 0 aromatic carbocycles. The largest absolute Gasteiger partial charge is 0.365 e. The molecule has 0 aliphatic heterocycles. The third kappa shape index (κ3) is 3.35. The van der Waals surface area contributed by atoms with E-state index in [0.29, 0.717) is 22.9 Å². The molecule has 0 radical (unpaired) electrons. The van der Waals surface area contributed by atoms with Crippen molar-refractivity contribution in [2.75, 3.05) is 5.32 Å². The van der Waals surface area contributed by atoms with Gasteiger partial charge in [0.25, 0.3) is 5.91 Å². The van der Waals surface area contributed by atoms with Crippen molar-refractivity contribution in [1.29, 1.82) is 0 Å². The summed E-state index contributed by atoms with van der Waals surface area (Å²) in [6, 6.07) is 0. The lowest BCUT2D eigenvalue weighted by Crippen LogP contribution is -2.18. The zero-order chi connectivity index (χ0) is 15.5. The smallest absolute Gasteiger partial charge is 0.251 e. The van der Waals surface area contributed by atoms with Gasteiger partial charge in [0.2, 0.25) is 5.91 Å². The quantitative estimate of drug-likeness (QED) is 0.869. The second-order valence-electron chi connectivity index (χ2n) is 6.52. The molecule has 2 amide bonds. The molecule has 3 rings (SSSR count). The molecule has 4 nitrogen and oxygen atoms in total. The van der Waals surface area contributed by atoms with Gasteiger partial charge in [-0.2, -0.15) is 0 Å². The van der Waals surface area contributed by atoms with Gasteiger partial charge >= 0.3 is 0 Å².